The highest BCUT2D eigenvalue weighted by molar-refractivity contribution is 5.84. The Balaban J connectivity index is 1.70. The summed E-state index contributed by atoms with van der Waals surface area (Å²) in [4.78, 5) is 16.8. The number of hydrogen-bond donors (Lipinski definition) is 2. The second-order valence-electron chi connectivity index (χ2n) is 6.82. The van der Waals surface area contributed by atoms with Crippen molar-refractivity contribution in [3.05, 3.63) is 0 Å². The van der Waals surface area contributed by atoms with Gasteiger partial charge >= 0.3 is 0 Å². The molecule has 3 N–H and O–H groups in total. The summed E-state index contributed by atoms with van der Waals surface area (Å²) in [6.07, 6.45) is 5.90. The van der Waals surface area contributed by atoms with Crippen molar-refractivity contribution in [1.29, 1.82) is 0 Å². The number of primary amides is 1. The molecule has 0 bridgehead atoms. The van der Waals surface area contributed by atoms with Gasteiger partial charge in [0.05, 0.1) is 5.54 Å². The summed E-state index contributed by atoms with van der Waals surface area (Å²) >= 11 is 0. The van der Waals surface area contributed by atoms with Crippen LogP contribution in [0, 0.1) is 0 Å². The zero-order chi connectivity index (χ0) is 15.3. The van der Waals surface area contributed by atoms with Crippen LogP contribution in [-0.2, 0) is 4.79 Å². The molecule has 21 heavy (non-hydrogen) atoms. The van der Waals surface area contributed by atoms with E-state index in [0.29, 0.717) is 0 Å². The molecule has 0 saturated carbocycles. The van der Waals surface area contributed by atoms with Gasteiger partial charge in [-0.05, 0) is 71.8 Å². The number of rotatable bonds is 8. The maximum atomic E-state index is 11.6. The molecule has 0 aliphatic carbocycles. The Kier molecular flexibility index (Phi) is 6.02. The molecular formula is C16H32N4O. The first-order valence-corrected chi connectivity index (χ1v) is 8.56. The minimum atomic E-state index is -0.553. The molecule has 2 fully saturated rings. The van der Waals surface area contributed by atoms with E-state index in [1.165, 1.54) is 45.4 Å². The van der Waals surface area contributed by atoms with E-state index < -0.39 is 5.54 Å². The molecule has 5 nitrogen and oxygen atoms in total. The van der Waals surface area contributed by atoms with E-state index in [-0.39, 0.29) is 5.91 Å². The highest BCUT2D eigenvalue weighted by Crippen LogP contribution is 2.21. The van der Waals surface area contributed by atoms with Crippen molar-refractivity contribution in [1.82, 2.24) is 15.1 Å². The zero-order valence-corrected chi connectivity index (χ0v) is 13.7. The lowest BCUT2D eigenvalue weighted by Gasteiger charge is -2.28. The lowest BCUT2D eigenvalue weighted by Crippen LogP contribution is -2.53. The molecule has 2 heterocycles. The van der Waals surface area contributed by atoms with Crippen molar-refractivity contribution in [2.24, 2.45) is 5.73 Å². The van der Waals surface area contributed by atoms with Crippen molar-refractivity contribution >= 4 is 5.91 Å². The summed E-state index contributed by atoms with van der Waals surface area (Å²) in [6.45, 7) is 10.8. The number of carbonyl (C=O) groups is 1. The summed E-state index contributed by atoms with van der Waals surface area (Å²) < 4.78 is 0. The predicted octanol–water partition coefficient (Wildman–Crippen LogP) is 0.790. The van der Waals surface area contributed by atoms with Crippen molar-refractivity contribution in [2.75, 3.05) is 39.3 Å². The lowest BCUT2D eigenvalue weighted by molar-refractivity contribution is -0.124. The van der Waals surface area contributed by atoms with Gasteiger partial charge in [-0.3, -0.25) is 9.69 Å². The van der Waals surface area contributed by atoms with Crippen molar-refractivity contribution in [3.8, 4) is 0 Å². The Morgan fingerprint density at radius 2 is 2.05 bits per heavy atom. The van der Waals surface area contributed by atoms with Crippen LogP contribution < -0.4 is 11.1 Å². The minimum Gasteiger partial charge on any atom is -0.368 e. The average Bonchev–Trinajstić information content (AvgIpc) is 3.09. The van der Waals surface area contributed by atoms with Crippen LogP contribution in [0.2, 0.25) is 0 Å². The van der Waals surface area contributed by atoms with Gasteiger partial charge in [-0.1, -0.05) is 6.92 Å². The van der Waals surface area contributed by atoms with Gasteiger partial charge in [0, 0.05) is 12.6 Å². The molecule has 2 saturated heterocycles. The molecule has 0 aromatic rings. The lowest BCUT2D eigenvalue weighted by atomic mass is 9.94. The van der Waals surface area contributed by atoms with E-state index in [1.54, 1.807) is 0 Å². The van der Waals surface area contributed by atoms with E-state index in [1.807, 2.05) is 13.8 Å². The number of likely N-dealkylation sites (N-methyl/N-ethyl adjacent to an activating group) is 1. The van der Waals surface area contributed by atoms with E-state index in [9.17, 15) is 4.79 Å². The third kappa shape index (κ3) is 4.41. The topological polar surface area (TPSA) is 61.6 Å². The largest absolute Gasteiger partial charge is 0.368 e. The van der Waals surface area contributed by atoms with Crippen LogP contribution in [0.25, 0.3) is 0 Å². The fraction of sp³-hybridized carbons (Fsp3) is 0.938. The molecular weight excluding hydrogens is 264 g/mol. The van der Waals surface area contributed by atoms with Gasteiger partial charge in [-0.2, -0.15) is 0 Å². The fourth-order valence-corrected chi connectivity index (χ4v) is 3.77. The van der Waals surface area contributed by atoms with Gasteiger partial charge in [-0.25, -0.2) is 0 Å². The Morgan fingerprint density at radius 1 is 1.33 bits per heavy atom. The summed E-state index contributed by atoms with van der Waals surface area (Å²) in [5.74, 6) is -0.235. The summed E-state index contributed by atoms with van der Waals surface area (Å²) in [5.41, 5.74) is 4.98. The molecule has 2 atom stereocenters. The van der Waals surface area contributed by atoms with E-state index in [2.05, 4.69) is 15.1 Å². The Bertz CT molecular complexity index is 343. The van der Waals surface area contributed by atoms with Gasteiger partial charge in [0.2, 0.25) is 5.91 Å². The highest BCUT2D eigenvalue weighted by atomic mass is 16.1. The molecule has 2 unspecified atom stereocenters. The molecule has 2 rings (SSSR count). The Labute approximate surface area is 129 Å². The van der Waals surface area contributed by atoms with Crippen LogP contribution >= 0.6 is 0 Å². The summed E-state index contributed by atoms with van der Waals surface area (Å²) in [5, 5.41) is 3.24. The maximum Gasteiger partial charge on any atom is 0.237 e. The van der Waals surface area contributed by atoms with Crippen LogP contribution in [0.1, 0.15) is 46.0 Å². The number of nitrogens with two attached hydrogens (primary N) is 1. The monoisotopic (exact) mass is 296 g/mol. The van der Waals surface area contributed by atoms with Crippen LogP contribution in [0.4, 0.5) is 0 Å². The SMILES string of the molecule is CCNC(C)(CCCN1CCC(N2CCCC2)C1)C(N)=O. The standard InChI is InChI=1S/C16H32N4O/c1-3-18-16(2,15(17)21)8-6-9-19-12-7-14(13-19)20-10-4-5-11-20/h14,18H,3-13H2,1-2H3,(H2,17,21). The second kappa shape index (κ2) is 7.56. The highest BCUT2D eigenvalue weighted by Gasteiger charge is 2.31. The number of nitrogens with one attached hydrogen (secondary N) is 1. The summed E-state index contributed by atoms with van der Waals surface area (Å²) in [6, 6.07) is 0.767. The van der Waals surface area contributed by atoms with E-state index >= 15 is 0 Å². The fourth-order valence-electron chi connectivity index (χ4n) is 3.77. The minimum absolute atomic E-state index is 0.235. The van der Waals surface area contributed by atoms with Gasteiger partial charge in [0.15, 0.2) is 0 Å². The zero-order valence-electron chi connectivity index (χ0n) is 13.7. The third-order valence-electron chi connectivity index (χ3n) is 5.17. The molecule has 0 radical (unpaired) electrons. The van der Waals surface area contributed by atoms with E-state index in [0.717, 1.165) is 32.0 Å². The second-order valence-corrected chi connectivity index (χ2v) is 6.82. The average molecular weight is 296 g/mol. The van der Waals surface area contributed by atoms with Gasteiger partial charge in [-0.15, -0.1) is 0 Å². The smallest absolute Gasteiger partial charge is 0.237 e. The quantitative estimate of drug-likeness (QED) is 0.695. The van der Waals surface area contributed by atoms with Crippen molar-refractivity contribution < 1.29 is 4.79 Å². The first-order chi connectivity index (χ1) is 10.0. The molecule has 0 aromatic heterocycles. The van der Waals surface area contributed by atoms with Crippen LogP contribution in [0.5, 0.6) is 0 Å². The van der Waals surface area contributed by atoms with Gasteiger partial charge in [0.1, 0.15) is 0 Å². The normalized spacial score (nSPS) is 27.0. The van der Waals surface area contributed by atoms with Crippen LogP contribution in [-0.4, -0.2) is 66.6 Å². The molecule has 0 aromatic carbocycles. The molecule has 5 heteroatoms. The molecule has 2 aliphatic heterocycles. The number of nitrogens with zero attached hydrogens (tertiary/aromatic N) is 2. The number of hydrogen-bond acceptors (Lipinski definition) is 4. The van der Waals surface area contributed by atoms with Gasteiger partial charge in [0.25, 0.3) is 0 Å². The predicted molar refractivity (Wildman–Crippen MR) is 86.2 cm³/mol. The summed E-state index contributed by atoms with van der Waals surface area (Å²) in [7, 11) is 0. The number of likely N-dealkylation sites (tertiary alicyclic amines) is 2. The number of amides is 1. The molecule has 2 aliphatic rings. The molecule has 0 spiro atoms. The molecule has 1 amide bonds. The Morgan fingerprint density at radius 3 is 2.67 bits per heavy atom. The first kappa shape index (κ1) is 16.7. The molecule has 122 valence electrons. The van der Waals surface area contributed by atoms with Gasteiger partial charge < -0.3 is 16.0 Å². The Hall–Kier alpha value is -0.650. The first-order valence-electron chi connectivity index (χ1n) is 8.56. The maximum absolute atomic E-state index is 11.6. The van der Waals surface area contributed by atoms with E-state index in [4.69, 9.17) is 5.73 Å². The van der Waals surface area contributed by atoms with Crippen molar-refractivity contribution in [3.63, 3.8) is 0 Å². The third-order valence-corrected chi connectivity index (χ3v) is 5.17. The van der Waals surface area contributed by atoms with Crippen LogP contribution in [0.15, 0.2) is 0 Å². The van der Waals surface area contributed by atoms with Crippen LogP contribution in [0.3, 0.4) is 0 Å². The number of carbonyl (C=O) groups excluding carboxylic acids is 1. The van der Waals surface area contributed by atoms with Crippen molar-refractivity contribution in [2.45, 2.75) is 57.5 Å².